The number of amides is 2. The van der Waals surface area contributed by atoms with E-state index in [2.05, 4.69) is 14.6 Å². The molecular formula is C20H30N6O3S. The molecule has 10 heteroatoms. The molecule has 164 valence electrons. The van der Waals surface area contributed by atoms with Crippen molar-refractivity contribution < 1.29 is 13.2 Å². The molecule has 4 rings (SSSR count). The number of hydrogen-bond donors (Lipinski definition) is 1. The van der Waals surface area contributed by atoms with Crippen LogP contribution >= 0.6 is 0 Å². The van der Waals surface area contributed by atoms with Gasteiger partial charge >= 0.3 is 6.03 Å². The van der Waals surface area contributed by atoms with E-state index in [1.807, 2.05) is 23.1 Å². The predicted molar refractivity (Wildman–Crippen MR) is 115 cm³/mol. The van der Waals surface area contributed by atoms with Crippen LogP contribution in [0.15, 0.2) is 23.4 Å². The summed E-state index contributed by atoms with van der Waals surface area (Å²) in [5.41, 5.74) is 2.16. The van der Waals surface area contributed by atoms with Crippen molar-refractivity contribution >= 4 is 27.4 Å². The lowest BCUT2D eigenvalue weighted by Crippen LogP contribution is -2.51. The fourth-order valence-corrected chi connectivity index (χ4v) is 5.31. The van der Waals surface area contributed by atoms with Gasteiger partial charge in [-0.1, -0.05) is 6.92 Å². The fourth-order valence-electron chi connectivity index (χ4n) is 3.83. The summed E-state index contributed by atoms with van der Waals surface area (Å²) in [5, 5.41) is 0. The van der Waals surface area contributed by atoms with Gasteiger partial charge in [0.15, 0.2) is 5.65 Å². The van der Waals surface area contributed by atoms with Crippen molar-refractivity contribution in [1.29, 1.82) is 0 Å². The average Bonchev–Trinajstić information content (AvgIpc) is 3.27. The molecular weight excluding hydrogens is 404 g/mol. The SMILES string of the molecule is CCc1cnc2c(N3CCN(C(=O)N(C)C)CC3)cc(S(=O)(=O)NC3(C)CC3)cn12. The molecule has 0 radical (unpaired) electrons. The molecule has 2 amide bonds. The van der Waals surface area contributed by atoms with Crippen LogP contribution < -0.4 is 9.62 Å². The zero-order valence-electron chi connectivity index (χ0n) is 18.1. The number of urea groups is 1. The molecule has 9 nitrogen and oxygen atoms in total. The molecule has 1 saturated heterocycles. The second-order valence-corrected chi connectivity index (χ2v) is 10.4. The van der Waals surface area contributed by atoms with Crippen LogP contribution in [0.2, 0.25) is 0 Å². The monoisotopic (exact) mass is 434 g/mol. The number of anilines is 1. The average molecular weight is 435 g/mol. The maximum atomic E-state index is 13.1. The van der Waals surface area contributed by atoms with Crippen molar-refractivity contribution in [3.8, 4) is 0 Å². The fraction of sp³-hybridized carbons (Fsp3) is 0.600. The van der Waals surface area contributed by atoms with Crippen LogP contribution in [0.5, 0.6) is 0 Å². The van der Waals surface area contributed by atoms with Gasteiger partial charge in [0.25, 0.3) is 0 Å². The first-order valence-electron chi connectivity index (χ1n) is 10.4. The van der Waals surface area contributed by atoms with Crippen LogP contribution in [0.4, 0.5) is 10.5 Å². The number of imidazole rings is 1. The Morgan fingerprint density at radius 3 is 2.47 bits per heavy atom. The van der Waals surface area contributed by atoms with E-state index in [0.29, 0.717) is 26.2 Å². The minimum atomic E-state index is -3.64. The van der Waals surface area contributed by atoms with Crippen LogP contribution in [-0.2, 0) is 16.4 Å². The van der Waals surface area contributed by atoms with Crippen molar-refractivity contribution in [2.75, 3.05) is 45.2 Å². The number of carbonyl (C=O) groups is 1. The molecule has 2 aromatic heterocycles. The zero-order valence-corrected chi connectivity index (χ0v) is 18.9. The minimum absolute atomic E-state index is 0.00733. The topological polar surface area (TPSA) is 90.3 Å². The highest BCUT2D eigenvalue weighted by molar-refractivity contribution is 7.89. The summed E-state index contributed by atoms with van der Waals surface area (Å²) in [7, 11) is -0.149. The van der Waals surface area contributed by atoms with E-state index in [0.717, 1.165) is 36.3 Å². The Hall–Kier alpha value is -2.33. The van der Waals surface area contributed by atoms with Gasteiger partial charge in [-0.25, -0.2) is 22.9 Å². The van der Waals surface area contributed by atoms with Crippen LogP contribution in [0, 0.1) is 0 Å². The summed E-state index contributed by atoms with van der Waals surface area (Å²) in [5.74, 6) is 0. The quantitative estimate of drug-likeness (QED) is 0.771. The van der Waals surface area contributed by atoms with Gasteiger partial charge in [-0.15, -0.1) is 0 Å². The predicted octanol–water partition coefficient (Wildman–Crippen LogP) is 1.53. The Bertz CT molecular complexity index is 1070. The number of hydrogen-bond acceptors (Lipinski definition) is 5. The number of sulfonamides is 1. The van der Waals surface area contributed by atoms with Gasteiger partial charge in [0, 0.05) is 63.9 Å². The van der Waals surface area contributed by atoms with Gasteiger partial charge in [-0.3, -0.25) is 0 Å². The molecule has 0 unspecified atom stereocenters. The number of pyridine rings is 1. The molecule has 2 fully saturated rings. The number of nitrogens with zero attached hydrogens (tertiary/aromatic N) is 5. The Labute approximate surface area is 177 Å². The maximum Gasteiger partial charge on any atom is 0.319 e. The normalized spacial score (nSPS) is 18.7. The minimum Gasteiger partial charge on any atom is -0.365 e. The van der Waals surface area contributed by atoms with Gasteiger partial charge in [0.1, 0.15) is 4.90 Å². The molecule has 0 aromatic carbocycles. The van der Waals surface area contributed by atoms with Gasteiger partial charge in [-0.2, -0.15) is 0 Å². The van der Waals surface area contributed by atoms with E-state index in [1.54, 1.807) is 37.5 Å². The lowest BCUT2D eigenvalue weighted by molar-refractivity contribution is 0.168. The van der Waals surface area contributed by atoms with Crippen LogP contribution in [-0.4, -0.2) is 79.4 Å². The highest BCUT2D eigenvalue weighted by Gasteiger charge is 2.41. The van der Waals surface area contributed by atoms with Gasteiger partial charge in [0.2, 0.25) is 10.0 Å². The molecule has 1 aliphatic heterocycles. The molecule has 1 aliphatic carbocycles. The highest BCUT2D eigenvalue weighted by atomic mass is 32.2. The van der Waals surface area contributed by atoms with Crippen molar-refractivity contribution in [2.24, 2.45) is 0 Å². The number of piperazine rings is 1. The van der Waals surface area contributed by atoms with Gasteiger partial charge in [-0.05, 0) is 32.3 Å². The molecule has 1 saturated carbocycles. The summed E-state index contributed by atoms with van der Waals surface area (Å²) in [6.45, 7) is 6.37. The maximum absolute atomic E-state index is 13.1. The first kappa shape index (κ1) is 20.9. The van der Waals surface area contributed by atoms with E-state index >= 15 is 0 Å². The van der Waals surface area contributed by atoms with E-state index < -0.39 is 10.0 Å². The summed E-state index contributed by atoms with van der Waals surface area (Å²) in [6, 6.07) is 1.71. The van der Waals surface area contributed by atoms with Gasteiger partial charge in [0.05, 0.1) is 5.69 Å². The Morgan fingerprint density at radius 1 is 1.23 bits per heavy atom. The van der Waals surface area contributed by atoms with Crippen molar-refractivity contribution in [3.05, 3.63) is 24.2 Å². The number of rotatable bonds is 5. The number of nitrogens with one attached hydrogen (secondary N) is 1. The molecule has 0 bridgehead atoms. The molecule has 3 heterocycles. The van der Waals surface area contributed by atoms with Crippen LogP contribution in [0.1, 0.15) is 32.4 Å². The van der Waals surface area contributed by atoms with Crippen LogP contribution in [0.25, 0.3) is 5.65 Å². The van der Waals surface area contributed by atoms with Crippen molar-refractivity contribution in [3.63, 3.8) is 0 Å². The molecule has 30 heavy (non-hydrogen) atoms. The largest absolute Gasteiger partial charge is 0.365 e. The molecule has 1 N–H and O–H groups in total. The molecule has 0 atom stereocenters. The number of fused-ring (bicyclic) bond motifs is 1. The van der Waals surface area contributed by atoms with Crippen molar-refractivity contribution in [1.82, 2.24) is 23.9 Å². The Balaban J connectivity index is 1.69. The first-order chi connectivity index (χ1) is 14.1. The number of carbonyl (C=O) groups excluding carboxylic acids is 1. The Kier molecular flexibility index (Phi) is 5.17. The second kappa shape index (κ2) is 7.42. The number of aromatic nitrogens is 2. The molecule has 2 aliphatic rings. The summed E-state index contributed by atoms with van der Waals surface area (Å²) < 4.78 is 30.9. The van der Waals surface area contributed by atoms with E-state index in [-0.39, 0.29) is 16.5 Å². The summed E-state index contributed by atoms with van der Waals surface area (Å²) in [4.78, 5) is 22.6. The summed E-state index contributed by atoms with van der Waals surface area (Å²) >= 11 is 0. The molecule has 0 spiro atoms. The number of aryl methyl sites for hydroxylation is 1. The zero-order chi connectivity index (χ0) is 21.7. The Morgan fingerprint density at radius 2 is 1.90 bits per heavy atom. The van der Waals surface area contributed by atoms with Crippen LogP contribution in [0.3, 0.4) is 0 Å². The lowest BCUT2D eigenvalue weighted by atomic mass is 10.2. The lowest BCUT2D eigenvalue weighted by Gasteiger charge is -2.37. The van der Waals surface area contributed by atoms with E-state index in [1.165, 1.54) is 0 Å². The third kappa shape index (κ3) is 3.85. The van der Waals surface area contributed by atoms with E-state index in [9.17, 15) is 13.2 Å². The highest BCUT2D eigenvalue weighted by Crippen LogP contribution is 2.36. The smallest absolute Gasteiger partial charge is 0.319 e. The third-order valence-electron chi connectivity index (χ3n) is 5.96. The van der Waals surface area contributed by atoms with Gasteiger partial charge < -0.3 is 19.1 Å². The third-order valence-corrected chi connectivity index (χ3v) is 7.57. The second-order valence-electron chi connectivity index (χ2n) is 8.68. The standard InChI is InChI=1S/C20H30N6O3S/c1-5-15-13-21-18-17(24-8-10-25(11-9-24)19(27)23(3)4)12-16(14-26(15)18)30(28,29)22-20(2)6-7-20/h12-14,22H,5-11H2,1-4H3. The summed E-state index contributed by atoms with van der Waals surface area (Å²) in [6.07, 6.45) is 5.94. The van der Waals surface area contributed by atoms with E-state index in [4.69, 9.17) is 0 Å². The van der Waals surface area contributed by atoms with Crippen molar-refractivity contribution in [2.45, 2.75) is 43.5 Å². The first-order valence-corrected chi connectivity index (χ1v) is 11.9. The molecule has 2 aromatic rings.